The van der Waals surface area contributed by atoms with Gasteiger partial charge < -0.3 is 0 Å². The Kier molecular flexibility index (Phi) is 6.74. The fourth-order valence-corrected chi connectivity index (χ4v) is 3.97. The van der Waals surface area contributed by atoms with Crippen LogP contribution in [0.5, 0.6) is 0 Å². The van der Waals surface area contributed by atoms with Gasteiger partial charge in [0.2, 0.25) is 0 Å². The quantitative estimate of drug-likeness (QED) is 0.359. The first-order valence-corrected chi connectivity index (χ1v) is 11.5. The van der Waals surface area contributed by atoms with Crippen LogP contribution in [0.2, 0.25) is 0 Å². The molecule has 0 atom stereocenters. The lowest BCUT2D eigenvalue weighted by atomic mass is 9.93. The molecule has 4 rings (SSSR count). The lowest BCUT2D eigenvalue weighted by Crippen LogP contribution is -2.43. The minimum atomic E-state index is -0.568. The number of carbonyl (C=O) groups excluding carboxylic acids is 2. The van der Waals surface area contributed by atoms with E-state index >= 15 is 0 Å². The Hall–Kier alpha value is -4.31. The summed E-state index contributed by atoms with van der Waals surface area (Å²) in [5, 5.41) is 14.3. The van der Waals surface area contributed by atoms with Gasteiger partial charge in [0, 0.05) is 29.4 Å². The summed E-state index contributed by atoms with van der Waals surface area (Å²) in [7, 11) is 0. The molecular weight excluding hydrogens is 443 g/mol. The molecule has 2 amide bonds. The number of aryl methyl sites for hydroxylation is 1. The highest BCUT2D eigenvalue weighted by molar-refractivity contribution is 6.19. The van der Waals surface area contributed by atoms with Gasteiger partial charge in [0.25, 0.3) is 11.8 Å². The molecule has 0 radical (unpaired) electrons. The lowest BCUT2D eigenvalue weighted by molar-refractivity contribution is -0.140. The molecule has 6 nitrogen and oxygen atoms in total. The predicted molar refractivity (Wildman–Crippen MR) is 132 cm³/mol. The van der Waals surface area contributed by atoms with E-state index in [0.717, 1.165) is 17.0 Å². The molecule has 2 aromatic carbocycles. The van der Waals surface area contributed by atoms with Crippen LogP contribution in [-0.2, 0) is 9.59 Å². The number of hydrogen-bond acceptors (Lipinski definition) is 4. The number of imide groups is 1. The highest BCUT2D eigenvalue weighted by Gasteiger charge is 2.35. The summed E-state index contributed by atoms with van der Waals surface area (Å²) in [5.41, 5.74) is 3.44. The molecule has 7 heteroatoms. The molecule has 1 aromatic heterocycles. The van der Waals surface area contributed by atoms with Crippen molar-refractivity contribution in [1.29, 1.82) is 5.26 Å². The molecule has 3 aromatic rings. The van der Waals surface area contributed by atoms with Crippen LogP contribution < -0.4 is 0 Å². The van der Waals surface area contributed by atoms with Crippen molar-refractivity contribution in [3.05, 3.63) is 88.4 Å². The minimum absolute atomic E-state index is 0.0506. The van der Waals surface area contributed by atoms with Crippen LogP contribution in [0.3, 0.4) is 0 Å². The SMILES string of the molecule is CCCCN1C(=O)C(C#N)=C(C)/C(=C\c2cn(-c3ccccc3)nc2-c2ccc(C)c(F)c2)C1=O. The third-order valence-corrected chi connectivity index (χ3v) is 6.07. The maximum atomic E-state index is 14.4. The summed E-state index contributed by atoms with van der Waals surface area (Å²) in [5.74, 6) is -1.38. The van der Waals surface area contributed by atoms with Gasteiger partial charge in [-0.3, -0.25) is 14.5 Å². The van der Waals surface area contributed by atoms with E-state index in [0.29, 0.717) is 34.4 Å². The van der Waals surface area contributed by atoms with Crippen molar-refractivity contribution in [3.8, 4) is 23.0 Å². The summed E-state index contributed by atoms with van der Waals surface area (Å²) in [6.45, 7) is 5.49. The summed E-state index contributed by atoms with van der Waals surface area (Å²) in [6, 6.07) is 16.3. The number of halogens is 1. The number of nitriles is 1. The van der Waals surface area contributed by atoms with Crippen molar-refractivity contribution in [2.75, 3.05) is 6.54 Å². The number of nitrogens with zero attached hydrogens (tertiary/aromatic N) is 4. The summed E-state index contributed by atoms with van der Waals surface area (Å²) in [4.78, 5) is 27.2. The molecule has 0 saturated heterocycles. The summed E-state index contributed by atoms with van der Waals surface area (Å²) in [6.07, 6.45) is 4.84. The van der Waals surface area contributed by atoms with Gasteiger partial charge in [-0.05, 0) is 55.7 Å². The van der Waals surface area contributed by atoms with Crippen molar-refractivity contribution in [2.24, 2.45) is 0 Å². The van der Waals surface area contributed by atoms with Crippen molar-refractivity contribution >= 4 is 17.9 Å². The third kappa shape index (κ3) is 4.56. The number of aromatic nitrogens is 2. The molecule has 0 saturated carbocycles. The van der Waals surface area contributed by atoms with Crippen LogP contribution >= 0.6 is 0 Å². The smallest absolute Gasteiger partial charge is 0.271 e. The van der Waals surface area contributed by atoms with Crippen molar-refractivity contribution in [1.82, 2.24) is 14.7 Å². The first kappa shape index (κ1) is 23.8. The topological polar surface area (TPSA) is 79.0 Å². The Bertz CT molecular complexity index is 1410. The fourth-order valence-electron chi connectivity index (χ4n) is 3.97. The van der Waals surface area contributed by atoms with Crippen molar-refractivity contribution < 1.29 is 14.0 Å². The zero-order valence-corrected chi connectivity index (χ0v) is 19.9. The largest absolute Gasteiger partial charge is 0.274 e. The van der Waals surface area contributed by atoms with Crippen LogP contribution in [0.4, 0.5) is 4.39 Å². The van der Waals surface area contributed by atoms with Crippen LogP contribution in [0.15, 0.2) is 71.4 Å². The maximum absolute atomic E-state index is 14.4. The number of benzene rings is 2. The molecule has 0 spiro atoms. The first-order chi connectivity index (χ1) is 16.8. The Balaban J connectivity index is 1.91. The Labute approximate surface area is 203 Å². The maximum Gasteiger partial charge on any atom is 0.271 e. The van der Waals surface area contributed by atoms with E-state index in [-0.39, 0.29) is 23.5 Å². The molecule has 35 heavy (non-hydrogen) atoms. The highest BCUT2D eigenvalue weighted by Crippen LogP contribution is 2.31. The highest BCUT2D eigenvalue weighted by atomic mass is 19.1. The average Bonchev–Trinajstić information content (AvgIpc) is 3.28. The summed E-state index contributed by atoms with van der Waals surface area (Å²) >= 11 is 0. The molecule has 1 aliphatic heterocycles. The Morgan fingerprint density at radius 2 is 1.83 bits per heavy atom. The van der Waals surface area contributed by atoms with E-state index in [2.05, 4.69) is 0 Å². The predicted octanol–water partition coefficient (Wildman–Crippen LogP) is 5.38. The normalized spacial score (nSPS) is 15.2. The molecule has 1 aliphatic rings. The van der Waals surface area contributed by atoms with E-state index < -0.39 is 11.8 Å². The van der Waals surface area contributed by atoms with Crippen LogP contribution in [0.1, 0.15) is 37.8 Å². The van der Waals surface area contributed by atoms with Gasteiger partial charge in [-0.15, -0.1) is 0 Å². The Morgan fingerprint density at radius 1 is 1.09 bits per heavy atom. The van der Waals surface area contributed by atoms with Gasteiger partial charge in [-0.1, -0.05) is 43.7 Å². The molecular formula is C28H25FN4O2. The van der Waals surface area contributed by atoms with E-state index in [1.54, 1.807) is 42.9 Å². The molecule has 176 valence electrons. The average molecular weight is 469 g/mol. The van der Waals surface area contributed by atoms with E-state index in [1.165, 1.54) is 6.07 Å². The van der Waals surface area contributed by atoms with Gasteiger partial charge in [0.15, 0.2) is 0 Å². The molecule has 0 N–H and O–H groups in total. The minimum Gasteiger partial charge on any atom is -0.274 e. The van der Waals surface area contributed by atoms with Crippen LogP contribution in [0, 0.1) is 24.1 Å². The van der Waals surface area contributed by atoms with Crippen molar-refractivity contribution in [2.45, 2.75) is 33.6 Å². The fraction of sp³-hybridized carbons (Fsp3) is 0.214. The second-order valence-electron chi connectivity index (χ2n) is 8.46. The van der Waals surface area contributed by atoms with Gasteiger partial charge in [-0.25, -0.2) is 9.07 Å². The Morgan fingerprint density at radius 3 is 2.49 bits per heavy atom. The molecule has 0 fully saturated rings. The number of carbonyl (C=O) groups is 2. The third-order valence-electron chi connectivity index (χ3n) is 6.07. The zero-order valence-electron chi connectivity index (χ0n) is 19.9. The monoisotopic (exact) mass is 468 g/mol. The first-order valence-electron chi connectivity index (χ1n) is 11.5. The number of rotatable bonds is 6. The van der Waals surface area contributed by atoms with Gasteiger partial charge in [-0.2, -0.15) is 10.4 Å². The van der Waals surface area contributed by atoms with Gasteiger partial charge in [0.05, 0.1) is 5.69 Å². The van der Waals surface area contributed by atoms with Crippen LogP contribution in [0.25, 0.3) is 23.0 Å². The van der Waals surface area contributed by atoms with E-state index in [9.17, 15) is 19.2 Å². The lowest BCUT2D eigenvalue weighted by Gasteiger charge is -2.27. The standard InChI is InChI=1S/C28H25FN4O2/c1-4-5-13-32-27(34)23(19(3)24(16-30)28(32)35)14-21-17-33(22-9-7-6-8-10-22)31-26(21)20-12-11-18(2)25(29)15-20/h6-12,14-15,17H,4-5,13H2,1-3H3/b23-14+. The number of hydrogen-bond donors (Lipinski definition) is 0. The molecule has 0 aliphatic carbocycles. The molecule has 0 bridgehead atoms. The second-order valence-corrected chi connectivity index (χ2v) is 8.46. The summed E-state index contributed by atoms with van der Waals surface area (Å²) < 4.78 is 16.1. The van der Waals surface area contributed by atoms with Gasteiger partial charge >= 0.3 is 0 Å². The molecule has 2 heterocycles. The number of amides is 2. The number of para-hydroxylation sites is 1. The zero-order chi connectivity index (χ0) is 25.1. The number of unbranched alkanes of at least 4 members (excludes halogenated alkanes) is 1. The van der Waals surface area contributed by atoms with E-state index in [1.807, 2.05) is 43.3 Å². The van der Waals surface area contributed by atoms with Crippen molar-refractivity contribution in [3.63, 3.8) is 0 Å². The molecule has 0 unspecified atom stereocenters. The second kappa shape index (κ2) is 9.90. The van der Waals surface area contributed by atoms with Gasteiger partial charge in [0.1, 0.15) is 23.2 Å². The van der Waals surface area contributed by atoms with E-state index in [4.69, 9.17) is 5.10 Å². The van der Waals surface area contributed by atoms with Crippen LogP contribution in [-0.4, -0.2) is 33.0 Å².